The second-order valence-corrected chi connectivity index (χ2v) is 7.93. The molecule has 0 bridgehead atoms. The van der Waals surface area contributed by atoms with Crippen LogP contribution >= 0.6 is 0 Å². The van der Waals surface area contributed by atoms with Crippen LogP contribution < -0.4 is 0 Å². The molecule has 1 aromatic rings. The molecule has 1 aromatic carbocycles. The molecule has 0 aromatic heterocycles. The van der Waals surface area contributed by atoms with Crippen molar-refractivity contribution >= 4 is 5.97 Å². The Morgan fingerprint density at radius 3 is 2.00 bits per heavy atom. The van der Waals surface area contributed by atoms with Crippen LogP contribution in [-0.4, -0.2) is 23.3 Å². The molecule has 3 atom stereocenters. The summed E-state index contributed by atoms with van der Waals surface area (Å²) in [4.78, 5) is 10.9. The molecule has 174 valence electrons. The normalized spacial score (nSPS) is 19.9. The van der Waals surface area contributed by atoms with Gasteiger partial charge >= 0.3 is 5.97 Å². The molecule has 29 heavy (non-hydrogen) atoms. The molecule has 0 spiro atoms. The minimum absolute atomic E-state index is 0. The Morgan fingerprint density at radius 2 is 1.59 bits per heavy atom. The minimum atomic E-state index is -0.459. The monoisotopic (exact) mass is 412 g/mol. The third kappa shape index (κ3) is 15.2. The van der Waals surface area contributed by atoms with Crippen LogP contribution in [0.4, 0.5) is 0 Å². The minimum Gasteiger partial charge on any atom is -0.460 e. The van der Waals surface area contributed by atoms with Crippen molar-refractivity contribution in [1.82, 2.24) is 0 Å². The van der Waals surface area contributed by atoms with Crippen LogP contribution in [0.2, 0.25) is 0 Å². The van der Waals surface area contributed by atoms with Gasteiger partial charge in [-0.1, -0.05) is 101 Å². The van der Waals surface area contributed by atoms with Gasteiger partial charge in [0.05, 0.1) is 6.10 Å². The SMILES string of the molecule is C.C.C.C.CC(=O)OC1CC(CCC(C)C)CCC1O.CC(C)c1ccccc1. The fourth-order valence-corrected chi connectivity index (χ4v) is 3.20. The second-order valence-electron chi connectivity index (χ2n) is 7.93. The lowest BCUT2D eigenvalue weighted by Crippen LogP contribution is -2.37. The summed E-state index contributed by atoms with van der Waals surface area (Å²) in [6.45, 7) is 10.3. The van der Waals surface area contributed by atoms with E-state index in [1.807, 2.05) is 6.07 Å². The largest absolute Gasteiger partial charge is 0.460 e. The van der Waals surface area contributed by atoms with E-state index in [1.54, 1.807) is 0 Å². The van der Waals surface area contributed by atoms with E-state index in [1.165, 1.54) is 25.3 Å². The Kier molecular flexibility index (Phi) is 22.6. The van der Waals surface area contributed by atoms with E-state index in [0.29, 0.717) is 11.8 Å². The smallest absolute Gasteiger partial charge is 0.302 e. The molecule has 3 nitrogen and oxygen atoms in total. The highest BCUT2D eigenvalue weighted by atomic mass is 16.6. The van der Waals surface area contributed by atoms with Crippen LogP contribution in [0.3, 0.4) is 0 Å². The van der Waals surface area contributed by atoms with Crippen LogP contribution in [0.15, 0.2) is 30.3 Å². The van der Waals surface area contributed by atoms with E-state index >= 15 is 0 Å². The molecule has 0 aliphatic heterocycles. The fraction of sp³-hybridized carbons (Fsp3) is 0.731. The molecule has 1 aliphatic carbocycles. The zero-order valence-corrected chi connectivity index (χ0v) is 16.6. The molecule has 1 aliphatic rings. The predicted octanol–water partition coefficient (Wildman–Crippen LogP) is 7.87. The van der Waals surface area contributed by atoms with Gasteiger partial charge in [-0.3, -0.25) is 4.79 Å². The highest BCUT2D eigenvalue weighted by molar-refractivity contribution is 5.66. The quantitative estimate of drug-likeness (QED) is 0.500. The van der Waals surface area contributed by atoms with E-state index in [0.717, 1.165) is 25.2 Å². The van der Waals surface area contributed by atoms with Crippen LogP contribution in [-0.2, 0) is 9.53 Å². The van der Waals surface area contributed by atoms with Crippen molar-refractivity contribution < 1.29 is 14.6 Å². The lowest BCUT2D eigenvalue weighted by molar-refractivity contribution is -0.156. The van der Waals surface area contributed by atoms with Gasteiger partial charge in [-0.05, 0) is 42.6 Å². The zero-order chi connectivity index (χ0) is 18.8. The first-order chi connectivity index (χ1) is 11.8. The van der Waals surface area contributed by atoms with Gasteiger partial charge < -0.3 is 9.84 Å². The van der Waals surface area contributed by atoms with Crippen molar-refractivity contribution in [2.24, 2.45) is 11.8 Å². The Balaban J connectivity index is -0.000000210. The summed E-state index contributed by atoms with van der Waals surface area (Å²) < 4.78 is 5.15. The van der Waals surface area contributed by atoms with Crippen molar-refractivity contribution in [2.45, 2.75) is 115 Å². The summed E-state index contributed by atoms with van der Waals surface area (Å²) in [5.74, 6) is 1.70. The standard InChI is InChI=1S/C13H24O3.C9H12.4CH4/c1-9(2)4-5-11-6-7-12(15)13(8-11)16-10(3)14;1-8(2)9-6-4-3-5-7-9;;;;/h9,11-13,15H,4-8H2,1-3H3;3-8H,1-2H3;4*1H4. The van der Waals surface area contributed by atoms with Gasteiger partial charge in [-0.15, -0.1) is 0 Å². The van der Waals surface area contributed by atoms with Gasteiger partial charge in [-0.25, -0.2) is 0 Å². The summed E-state index contributed by atoms with van der Waals surface area (Å²) in [7, 11) is 0. The van der Waals surface area contributed by atoms with Gasteiger partial charge in [0.1, 0.15) is 6.10 Å². The van der Waals surface area contributed by atoms with Crippen molar-refractivity contribution in [3.05, 3.63) is 35.9 Å². The number of carbonyl (C=O) groups is 1. The molecule has 0 saturated heterocycles. The number of aliphatic hydroxyl groups is 1. The number of hydrogen-bond donors (Lipinski definition) is 1. The summed E-state index contributed by atoms with van der Waals surface area (Å²) in [6.07, 6.45) is 4.32. The molecule has 0 radical (unpaired) electrons. The number of ether oxygens (including phenoxy) is 1. The molecule has 2 rings (SSSR count). The molecular formula is C26H52O3. The van der Waals surface area contributed by atoms with Crippen molar-refractivity contribution in [3.63, 3.8) is 0 Å². The highest BCUT2D eigenvalue weighted by Crippen LogP contribution is 2.31. The second kappa shape index (κ2) is 18.7. The van der Waals surface area contributed by atoms with Crippen LogP contribution in [0.1, 0.15) is 108 Å². The number of rotatable bonds is 5. The van der Waals surface area contributed by atoms with E-state index in [2.05, 4.69) is 52.0 Å². The van der Waals surface area contributed by atoms with Crippen molar-refractivity contribution in [3.8, 4) is 0 Å². The molecule has 3 unspecified atom stereocenters. The number of esters is 1. The van der Waals surface area contributed by atoms with Gasteiger partial charge in [0, 0.05) is 6.92 Å². The van der Waals surface area contributed by atoms with Gasteiger partial charge in [0.25, 0.3) is 0 Å². The first kappa shape index (κ1) is 35.1. The number of benzene rings is 1. The Bertz CT molecular complexity index is 482. The molecule has 0 heterocycles. The maximum atomic E-state index is 10.9. The zero-order valence-electron chi connectivity index (χ0n) is 16.6. The van der Waals surface area contributed by atoms with E-state index in [9.17, 15) is 9.90 Å². The molecule has 1 fully saturated rings. The number of carbonyl (C=O) groups excluding carboxylic acids is 1. The summed E-state index contributed by atoms with van der Waals surface area (Å²) in [5, 5.41) is 9.74. The topological polar surface area (TPSA) is 46.5 Å². The van der Waals surface area contributed by atoms with E-state index in [4.69, 9.17) is 4.74 Å². The average molecular weight is 413 g/mol. The first-order valence-electron chi connectivity index (χ1n) is 9.69. The lowest BCUT2D eigenvalue weighted by atomic mass is 9.81. The maximum absolute atomic E-state index is 10.9. The van der Waals surface area contributed by atoms with Gasteiger partial charge in [0.2, 0.25) is 0 Å². The predicted molar refractivity (Wildman–Crippen MR) is 130 cm³/mol. The molecule has 0 amide bonds. The fourth-order valence-electron chi connectivity index (χ4n) is 3.20. The Labute approximate surface area is 183 Å². The molecule has 3 heteroatoms. The van der Waals surface area contributed by atoms with Crippen LogP contribution in [0.5, 0.6) is 0 Å². The third-order valence-corrected chi connectivity index (χ3v) is 4.80. The Morgan fingerprint density at radius 1 is 1.03 bits per heavy atom. The summed E-state index contributed by atoms with van der Waals surface area (Å²) >= 11 is 0. The first-order valence-corrected chi connectivity index (χ1v) is 9.69. The maximum Gasteiger partial charge on any atom is 0.302 e. The van der Waals surface area contributed by atoms with Gasteiger partial charge in [0.15, 0.2) is 0 Å². The van der Waals surface area contributed by atoms with Gasteiger partial charge in [-0.2, -0.15) is 0 Å². The summed E-state index contributed by atoms with van der Waals surface area (Å²) in [6, 6.07) is 10.5. The number of hydrogen-bond acceptors (Lipinski definition) is 3. The average Bonchev–Trinajstić information content (AvgIpc) is 2.56. The number of aliphatic hydroxyl groups excluding tert-OH is 1. The van der Waals surface area contributed by atoms with Crippen molar-refractivity contribution in [1.29, 1.82) is 0 Å². The molecular weight excluding hydrogens is 360 g/mol. The van der Waals surface area contributed by atoms with Crippen molar-refractivity contribution in [2.75, 3.05) is 0 Å². The molecule has 1 N–H and O–H groups in total. The van der Waals surface area contributed by atoms with Crippen LogP contribution in [0.25, 0.3) is 0 Å². The van der Waals surface area contributed by atoms with E-state index in [-0.39, 0.29) is 41.8 Å². The van der Waals surface area contributed by atoms with Crippen LogP contribution in [0, 0.1) is 11.8 Å². The Hall–Kier alpha value is -1.35. The highest BCUT2D eigenvalue weighted by Gasteiger charge is 2.31. The summed E-state index contributed by atoms with van der Waals surface area (Å²) in [5.41, 5.74) is 1.41. The molecule has 1 saturated carbocycles. The third-order valence-electron chi connectivity index (χ3n) is 4.80. The van der Waals surface area contributed by atoms with E-state index < -0.39 is 6.10 Å². The lowest BCUT2D eigenvalue weighted by Gasteiger charge is -2.32.